The molecule has 18 heavy (non-hydrogen) atoms. The topological polar surface area (TPSA) is 100 Å². The van der Waals surface area contributed by atoms with Crippen molar-refractivity contribution in [1.29, 1.82) is 0 Å². The lowest BCUT2D eigenvalue weighted by atomic mass is 10.0. The molecule has 1 atom stereocenters. The summed E-state index contributed by atoms with van der Waals surface area (Å²) in [6.07, 6.45) is 2.11. The average Bonchev–Trinajstić information content (AvgIpc) is 2.76. The van der Waals surface area contributed by atoms with E-state index in [-0.39, 0.29) is 18.3 Å². The van der Waals surface area contributed by atoms with Crippen molar-refractivity contribution in [2.24, 2.45) is 5.92 Å². The maximum Gasteiger partial charge on any atom is 0.358 e. The molecule has 1 unspecified atom stereocenters. The molecule has 0 saturated carbocycles. The minimum atomic E-state index is -1.07. The molecule has 1 rings (SSSR count). The van der Waals surface area contributed by atoms with E-state index in [1.54, 1.807) is 0 Å². The van der Waals surface area contributed by atoms with Crippen LogP contribution >= 0.6 is 0 Å². The van der Waals surface area contributed by atoms with Crippen molar-refractivity contribution in [2.45, 2.75) is 32.9 Å². The fourth-order valence-electron chi connectivity index (χ4n) is 1.68. The highest BCUT2D eigenvalue weighted by Crippen LogP contribution is 2.05. The smallest absolute Gasteiger partial charge is 0.358 e. The van der Waals surface area contributed by atoms with Gasteiger partial charge in [-0.3, -0.25) is 4.68 Å². The first-order chi connectivity index (χ1) is 8.54. The number of aromatic carboxylic acids is 1. The third-order valence-electron chi connectivity index (χ3n) is 2.75. The first-order valence-electron chi connectivity index (χ1n) is 6.02. The van der Waals surface area contributed by atoms with Crippen LogP contribution in [0.5, 0.6) is 0 Å². The largest absolute Gasteiger partial charge is 0.476 e. The van der Waals surface area contributed by atoms with Crippen LogP contribution < -0.4 is 5.32 Å². The summed E-state index contributed by atoms with van der Waals surface area (Å²) in [5.41, 5.74) is -0.0502. The lowest BCUT2D eigenvalue weighted by molar-refractivity contribution is 0.0690. The Morgan fingerprint density at radius 1 is 1.56 bits per heavy atom. The summed E-state index contributed by atoms with van der Waals surface area (Å²) < 4.78 is 1.49. The Bertz CT molecular complexity index is 378. The van der Waals surface area contributed by atoms with Crippen LogP contribution in [-0.4, -0.2) is 50.4 Å². The number of aliphatic hydroxyl groups excluding tert-OH is 1. The van der Waals surface area contributed by atoms with Gasteiger partial charge in [0.15, 0.2) is 5.69 Å². The fraction of sp³-hybridized carbons (Fsp3) is 0.727. The van der Waals surface area contributed by atoms with Gasteiger partial charge >= 0.3 is 5.97 Å². The van der Waals surface area contributed by atoms with Gasteiger partial charge in [-0.25, -0.2) is 4.79 Å². The number of carbonyl (C=O) groups is 1. The number of hydrogen-bond donors (Lipinski definition) is 3. The summed E-state index contributed by atoms with van der Waals surface area (Å²) >= 11 is 0. The van der Waals surface area contributed by atoms with Gasteiger partial charge in [0.05, 0.1) is 12.7 Å². The van der Waals surface area contributed by atoms with Crippen LogP contribution in [0.15, 0.2) is 6.20 Å². The standard InChI is InChI=1S/C11H20N4O3/c1-8(2)9(3-6-16)12-4-5-15-7-10(11(17)18)13-14-15/h7-9,12,16H,3-6H2,1-2H3,(H,17,18). The molecule has 0 aliphatic rings. The van der Waals surface area contributed by atoms with Gasteiger partial charge in [0, 0.05) is 19.2 Å². The molecule has 0 radical (unpaired) electrons. The van der Waals surface area contributed by atoms with Crippen molar-refractivity contribution in [3.8, 4) is 0 Å². The lowest BCUT2D eigenvalue weighted by Gasteiger charge is -2.21. The molecular weight excluding hydrogens is 236 g/mol. The quantitative estimate of drug-likeness (QED) is 0.604. The Hall–Kier alpha value is -1.47. The summed E-state index contributed by atoms with van der Waals surface area (Å²) in [6.45, 7) is 5.54. The Kier molecular flexibility index (Phi) is 5.73. The predicted octanol–water partition coefficient (Wildman–Crippen LogP) is -0.0271. The van der Waals surface area contributed by atoms with E-state index in [1.165, 1.54) is 10.9 Å². The van der Waals surface area contributed by atoms with Gasteiger partial charge in [0.25, 0.3) is 0 Å². The Balaban J connectivity index is 2.37. The van der Waals surface area contributed by atoms with Crippen LogP contribution in [0.4, 0.5) is 0 Å². The molecule has 3 N–H and O–H groups in total. The zero-order valence-electron chi connectivity index (χ0n) is 10.7. The number of carboxylic acid groups (broad SMARTS) is 1. The van der Waals surface area contributed by atoms with Gasteiger partial charge < -0.3 is 15.5 Å². The van der Waals surface area contributed by atoms with E-state index in [4.69, 9.17) is 10.2 Å². The van der Waals surface area contributed by atoms with Gasteiger partial charge in [0.1, 0.15) is 0 Å². The highest BCUT2D eigenvalue weighted by atomic mass is 16.4. The molecule has 0 amide bonds. The van der Waals surface area contributed by atoms with Gasteiger partial charge in [-0.05, 0) is 12.3 Å². The number of rotatable bonds is 8. The predicted molar refractivity (Wildman–Crippen MR) is 65.3 cm³/mol. The van der Waals surface area contributed by atoms with Crippen LogP contribution in [0.3, 0.4) is 0 Å². The van der Waals surface area contributed by atoms with E-state index in [0.717, 1.165) is 0 Å². The van der Waals surface area contributed by atoms with E-state index in [1.807, 2.05) is 0 Å². The third kappa shape index (κ3) is 4.42. The van der Waals surface area contributed by atoms with Crippen LogP contribution in [0.2, 0.25) is 0 Å². The van der Waals surface area contributed by atoms with E-state index in [0.29, 0.717) is 25.4 Å². The maximum atomic E-state index is 10.6. The summed E-state index contributed by atoms with van der Waals surface area (Å²) in [4.78, 5) is 10.6. The molecule has 7 nitrogen and oxygen atoms in total. The second kappa shape index (κ2) is 7.07. The summed E-state index contributed by atoms with van der Waals surface area (Å²) in [5, 5.41) is 28.2. The minimum Gasteiger partial charge on any atom is -0.476 e. The highest BCUT2D eigenvalue weighted by molar-refractivity contribution is 5.84. The Labute approximate surface area is 106 Å². The zero-order valence-corrected chi connectivity index (χ0v) is 10.7. The van der Waals surface area contributed by atoms with E-state index >= 15 is 0 Å². The summed E-state index contributed by atoms with van der Waals surface area (Å²) in [5.74, 6) is -0.642. The zero-order chi connectivity index (χ0) is 13.5. The fourth-order valence-corrected chi connectivity index (χ4v) is 1.68. The molecule has 0 aromatic carbocycles. The molecule has 0 bridgehead atoms. The summed E-state index contributed by atoms with van der Waals surface area (Å²) in [6, 6.07) is 0.248. The molecule has 0 saturated heterocycles. The first-order valence-corrected chi connectivity index (χ1v) is 6.02. The number of aromatic nitrogens is 3. The molecule has 1 heterocycles. The maximum absolute atomic E-state index is 10.6. The van der Waals surface area contributed by atoms with E-state index in [2.05, 4.69) is 29.5 Å². The number of nitrogens with one attached hydrogen (secondary N) is 1. The Morgan fingerprint density at radius 2 is 2.28 bits per heavy atom. The molecule has 0 fully saturated rings. The number of aliphatic hydroxyl groups is 1. The van der Waals surface area contributed by atoms with Crippen LogP contribution in [0, 0.1) is 5.92 Å². The molecular formula is C11H20N4O3. The van der Waals surface area contributed by atoms with Gasteiger partial charge in [0.2, 0.25) is 0 Å². The number of hydrogen-bond acceptors (Lipinski definition) is 5. The van der Waals surface area contributed by atoms with Crippen LogP contribution in [-0.2, 0) is 6.54 Å². The number of nitrogens with zero attached hydrogens (tertiary/aromatic N) is 3. The lowest BCUT2D eigenvalue weighted by Crippen LogP contribution is -2.36. The van der Waals surface area contributed by atoms with E-state index in [9.17, 15) is 4.79 Å². The third-order valence-corrected chi connectivity index (χ3v) is 2.75. The molecule has 7 heteroatoms. The van der Waals surface area contributed by atoms with Crippen LogP contribution in [0.25, 0.3) is 0 Å². The van der Waals surface area contributed by atoms with Crippen molar-refractivity contribution in [3.05, 3.63) is 11.9 Å². The van der Waals surface area contributed by atoms with Gasteiger partial charge in [-0.1, -0.05) is 19.1 Å². The van der Waals surface area contributed by atoms with Crippen molar-refractivity contribution >= 4 is 5.97 Å². The molecule has 0 aliphatic carbocycles. The van der Waals surface area contributed by atoms with Gasteiger partial charge in [-0.15, -0.1) is 5.10 Å². The monoisotopic (exact) mass is 256 g/mol. The minimum absolute atomic E-state index is 0.0502. The second-order valence-corrected chi connectivity index (χ2v) is 4.49. The molecule has 1 aromatic rings. The summed E-state index contributed by atoms with van der Waals surface area (Å²) in [7, 11) is 0. The normalized spacial score (nSPS) is 12.9. The van der Waals surface area contributed by atoms with Crippen molar-refractivity contribution in [1.82, 2.24) is 20.3 Å². The molecule has 102 valence electrons. The van der Waals surface area contributed by atoms with Gasteiger partial charge in [-0.2, -0.15) is 0 Å². The first kappa shape index (κ1) is 14.6. The van der Waals surface area contributed by atoms with Crippen molar-refractivity contribution in [2.75, 3.05) is 13.2 Å². The van der Waals surface area contributed by atoms with Crippen molar-refractivity contribution in [3.63, 3.8) is 0 Å². The van der Waals surface area contributed by atoms with Crippen molar-refractivity contribution < 1.29 is 15.0 Å². The Morgan fingerprint density at radius 3 is 2.78 bits per heavy atom. The number of carboxylic acids is 1. The van der Waals surface area contributed by atoms with E-state index < -0.39 is 5.97 Å². The SMILES string of the molecule is CC(C)C(CCO)NCCn1cc(C(=O)O)nn1. The van der Waals surface area contributed by atoms with Crippen LogP contribution in [0.1, 0.15) is 30.8 Å². The second-order valence-electron chi connectivity index (χ2n) is 4.49. The highest BCUT2D eigenvalue weighted by Gasteiger charge is 2.12. The molecule has 0 spiro atoms. The molecule has 1 aromatic heterocycles. The molecule has 0 aliphatic heterocycles. The average molecular weight is 256 g/mol.